The molecular weight excluding hydrogens is 244 g/mol. The van der Waals surface area contributed by atoms with Gasteiger partial charge in [0, 0.05) is 6.42 Å². The molecule has 4 heteroatoms. The maximum Gasteiger partial charge on any atom is 0.337 e. The van der Waals surface area contributed by atoms with Crippen molar-refractivity contribution in [2.45, 2.75) is 12.8 Å². The third-order valence-electron chi connectivity index (χ3n) is 2.95. The zero-order valence-electron chi connectivity index (χ0n) is 10.6. The van der Waals surface area contributed by atoms with Gasteiger partial charge in [0.2, 0.25) is 0 Å². The largest absolute Gasteiger partial charge is 0.481 e. The summed E-state index contributed by atoms with van der Waals surface area (Å²) in [6, 6.07) is 11.0. The monoisotopic (exact) mass is 258 g/mol. The second-order valence-electron chi connectivity index (χ2n) is 4.28. The standard InChI is InChI=1S/C15H14O4/c1-19-15(18)13-6-5-11-8-10(3-7-14(16)17)2-4-12(11)9-13/h2,4-6,8-9H,3,7H2,1H3,(H,16,17). The van der Waals surface area contributed by atoms with Crippen LogP contribution in [0.4, 0.5) is 0 Å². The SMILES string of the molecule is COC(=O)c1ccc2cc(CCC(=O)O)ccc2c1. The molecule has 0 unspecified atom stereocenters. The number of fused-ring (bicyclic) bond motifs is 1. The Labute approximate surface area is 110 Å². The van der Waals surface area contributed by atoms with Crippen molar-refractivity contribution < 1.29 is 19.4 Å². The molecule has 0 spiro atoms. The van der Waals surface area contributed by atoms with Crippen LogP contribution in [0.15, 0.2) is 36.4 Å². The van der Waals surface area contributed by atoms with Gasteiger partial charge in [-0.25, -0.2) is 4.79 Å². The number of aryl methyl sites for hydroxylation is 1. The lowest BCUT2D eigenvalue weighted by Gasteiger charge is -2.04. The van der Waals surface area contributed by atoms with Gasteiger partial charge in [0.25, 0.3) is 0 Å². The summed E-state index contributed by atoms with van der Waals surface area (Å²) in [7, 11) is 1.35. The van der Waals surface area contributed by atoms with Gasteiger partial charge in [0.15, 0.2) is 0 Å². The number of hydrogen-bond donors (Lipinski definition) is 1. The number of methoxy groups -OCH3 is 1. The maximum atomic E-state index is 11.4. The molecule has 0 aliphatic heterocycles. The summed E-state index contributed by atoms with van der Waals surface area (Å²) in [6.07, 6.45) is 0.621. The van der Waals surface area contributed by atoms with E-state index in [1.54, 1.807) is 12.1 Å². The quantitative estimate of drug-likeness (QED) is 0.856. The summed E-state index contributed by atoms with van der Waals surface area (Å²) in [6.45, 7) is 0. The number of benzene rings is 2. The highest BCUT2D eigenvalue weighted by atomic mass is 16.5. The summed E-state index contributed by atoms with van der Waals surface area (Å²) in [4.78, 5) is 22.0. The van der Waals surface area contributed by atoms with E-state index in [1.807, 2.05) is 24.3 Å². The molecule has 0 saturated carbocycles. The number of carboxylic acids is 1. The third kappa shape index (κ3) is 3.10. The molecule has 19 heavy (non-hydrogen) atoms. The summed E-state index contributed by atoms with van der Waals surface area (Å²) in [5, 5.41) is 10.6. The van der Waals surface area contributed by atoms with Gasteiger partial charge in [0.1, 0.15) is 0 Å². The van der Waals surface area contributed by atoms with Crippen LogP contribution in [0.3, 0.4) is 0 Å². The van der Waals surface area contributed by atoms with E-state index >= 15 is 0 Å². The Morgan fingerprint density at radius 2 is 1.79 bits per heavy atom. The predicted octanol–water partition coefficient (Wildman–Crippen LogP) is 2.64. The van der Waals surface area contributed by atoms with Crippen LogP contribution in [-0.2, 0) is 16.0 Å². The van der Waals surface area contributed by atoms with Gasteiger partial charge in [-0.15, -0.1) is 0 Å². The number of rotatable bonds is 4. The number of esters is 1. The normalized spacial score (nSPS) is 10.4. The Morgan fingerprint density at radius 1 is 1.11 bits per heavy atom. The van der Waals surface area contributed by atoms with E-state index in [4.69, 9.17) is 5.11 Å². The van der Waals surface area contributed by atoms with Gasteiger partial charge in [-0.3, -0.25) is 4.79 Å². The Kier molecular flexibility index (Phi) is 3.80. The first-order valence-electron chi connectivity index (χ1n) is 5.93. The molecule has 0 radical (unpaired) electrons. The Balaban J connectivity index is 2.29. The van der Waals surface area contributed by atoms with Crippen molar-refractivity contribution in [2.24, 2.45) is 0 Å². The number of carbonyl (C=O) groups is 2. The molecule has 0 heterocycles. The van der Waals surface area contributed by atoms with Crippen LogP contribution in [0, 0.1) is 0 Å². The van der Waals surface area contributed by atoms with E-state index in [1.165, 1.54) is 7.11 Å². The third-order valence-corrected chi connectivity index (χ3v) is 2.95. The van der Waals surface area contributed by atoms with Gasteiger partial charge in [0.05, 0.1) is 12.7 Å². The molecule has 1 N–H and O–H groups in total. The molecule has 0 atom stereocenters. The van der Waals surface area contributed by atoms with E-state index in [9.17, 15) is 9.59 Å². The fraction of sp³-hybridized carbons (Fsp3) is 0.200. The Hall–Kier alpha value is -2.36. The predicted molar refractivity (Wildman–Crippen MR) is 71.2 cm³/mol. The molecule has 0 aliphatic carbocycles. The number of aliphatic carboxylic acids is 1. The first kappa shape index (κ1) is 13.1. The number of carbonyl (C=O) groups excluding carboxylic acids is 1. The first-order valence-corrected chi connectivity index (χ1v) is 5.93. The fourth-order valence-corrected chi connectivity index (χ4v) is 1.95. The number of hydrogen-bond acceptors (Lipinski definition) is 3. The van der Waals surface area contributed by atoms with Crippen molar-refractivity contribution >= 4 is 22.7 Å². The average molecular weight is 258 g/mol. The summed E-state index contributed by atoms with van der Waals surface area (Å²) in [5.41, 5.74) is 1.48. The summed E-state index contributed by atoms with van der Waals surface area (Å²) < 4.78 is 4.67. The molecule has 0 bridgehead atoms. The second kappa shape index (κ2) is 5.52. The van der Waals surface area contributed by atoms with E-state index < -0.39 is 5.97 Å². The molecule has 4 nitrogen and oxygen atoms in total. The van der Waals surface area contributed by atoms with Gasteiger partial charge < -0.3 is 9.84 Å². The minimum absolute atomic E-state index is 0.117. The highest BCUT2D eigenvalue weighted by Crippen LogP contribution is 2.19. The zero-order valence-corrected chi connectivity index (χ0v) is 10.6. The van der Waals surface area contributed by atoms with Crippen LogP contribution in [0.25, 0.3) is 10.8 Å². The van der Waals surface area contributed by atoms with Crippen molar-refractivity contribution in [1.82, 2.24) is 0 Å². The lowest BCUT2D eigenvalue weighted by atomic mass is 10.0. The fourth-order valence-electron chi connectivity index (χ4n) is 1.95. The van der Waals surface area contributed by atoms with Crippen molar-refractivity contribution in [3.05, 3.63) is 47.5 Å². The average Bonchev–Trinajstić information content (AvgIpc) is 2.43. The van der Waals surface area contributed by atoms with Gasteiger partial charge in [-0.2, -0.15) is 0 Å². The molecule has 0 saturated heterocycles. The van der Waals surface area contributed by atoms with Crippen LogP contribution < -0.4 is 0 Å². The molecule has 2 rings (SSSR count). The van der Waals surface area contributed by atoms with E-state index in [2.05, 4.69) is 4.74 Å². The van der Waals surface area contributed by atoms with Gasteiger partial charge >= 0.3 is 11.9 Å². The zero-order chi connectivity index (χ0) is 13.8. The van der Waals surface area contributed by atoms with Gasteiger partial charge in [-0.05, 0) is 34.9 Å². The molecule has 98 valence electrons. The lowest BCUT2D eigenvalue weighted by molar-refractivity contribution is -0.136. The lowest BCUT2D eigenvalue weighted by Crippen LogP contribution is -2.00. The van der Waals surface area contributed by atoms with Crippen LogP contribution >= 0.6 is 0 Å². The van der Waals surface area contributed by atoms with E-state index in [0.717, 1.165) is 16.3 Å². The maximum absolute atomic E-state index is 11.4. The summed E-state index contributed by atoms with van der Waals surface area (Å²) in [5.74, 6) is -1.17. The molecule has 0 aromatic heterocycles. The van der Waals surface area contributed by atoms with Crippen molar-refractivity contribution in [2.75, 3.05) is 7.11 Å². The topological polar surface area (TPSA) is 63.6 Å². The van der Waals surface area contributed by atoms with Crippen molar-refractivity contribution in [3.8, 4) is 0 Å². The van der Waals surface area contributed by atoms with Crippen molar-refractivity contribution in [1.29, 1.82) is 0 Å². The smallest absolute Gasteiger partial charge is 0.337 e. The summed E-state index contributed by atoms with van der Waals surface area (Å²) >= 11 is 0. The molecule has 0 aliphatic rings. The van der Waals surface area contributed by atoms with E-state index in [0.29, 0.717) is 12.0 Å². The minimum atomic E-state index is -0.805. The Bertz CT molecular complexity index is 631. The first-order chi connectivity index (χ1) is 9.10. The number of carboxylic acid groups (broad SMARTS) is 1. The number of ether oxygens (including phenoxy) is 1. The molecule has 2 aromatic rings. The van der Waals surface area contributed by atoms with Crippen LogP contribution in [0.1, 0.15) is 22.3 Å². The molecule has 2 aromatic carbocycles. The van der Waals surface area contributed by atoms with Gasteiger partial charge in [-0.1, -0.05) is 24.3 Å². The minimum Gasteiger partial charge on any atom is -0.481 e. The van der Waals surface area contributed by atoms with E-state index in [-0.39, 0.29) is 12.4 Å². The van der Waals surface area contributed by atoms with Crippen molar-refractivity contribution in [3.63, 3.8) is 0 Å². The second-order valence-corrected chi connectivity index (χ2v) is 4.28. The van der Waals surface area contributed by atoms with Crippen LogP contribution in [-0.4, -0.2) is 24.2 Å². The Morgan fingerprint density at radius 3 is 2.47 bits per heavy atom. The van der Waals surface area contributed by atoms with Crippen LogP contribution in [0.5, 0.6) is 0 Å². The molecule has 0 fully saturated rings. The van der Waals surface area contributed by atoms with Crippen LogP contribution in [0.2, 0.25) is 0 Å². The molecular formula is C15H14O4. The highest BCUT2D eigenvalue weighted by Gasteiger charge is 2.06. The molecule has 0 amide bonds. The highest BCUT2D eigenvalue weighted by molar-refractivity contribution is 5.95.